The lowest BCUT2D eigenvalue weighted by Crippen LogP contribution is -2.11. The third-order valence-corrected chi connectivity index (χ3v) is 3.44. The lowest BCUT2D eigenvalue weighted by Gasteiger charge is -2.16. The highest BCUT2D eigenvalue weighted by Gasteiger charge is 2.27. The van der Waals surface area contributed by atoms with Crippen LogP contribution in [0.3, 0.4) is 0 Å². The molecule has 1 heterocycles. The van der Waals surface area contributed by atoms with E-state index in [-0.39, 0.29) is 11.9 Å². The highest BCUT2D eigenvalue weighted by atomic mass is 19.1. The summed E-state index contributed by atoms with van der Waals surface area (Å²) in [5, 5.41) is 3.19. The summed E-state index contributed by atoms with van der Waals surface area (Å²) in [7, 11) is 0. The molecule has 0 spiro atoms. The van der Waals surface area contributed by atoms with Crippen molar-refractivity contribution >= 4 is 11.6 Å². The van der Waals surface area contributed by atoms with E-state index in [0.717, 1.165) is 18.7 Å². The zero-order valence-corrected chi connectivity index (χ0v) is 11.3. The minimum Gasteiger partial charge on any atom is -0.384 e. The van der Waals surface area contributed by atoms with Crippen LogP contribution in [0.1, 0.15) is 43.1 Å². The minimum absolute atomic E-state index is 0.183. The molecule has 1 aromatic heterocycles. The van der Waals surface area contributed by atoms with Gasteiger partial charge in [-0.25, -0.2) is 14.4 Å². The molecule has 0 saturated heterocycles. The standard InChI is InChI=1S/C15H17FN4/c1-9(11-4-2-3-5-12(11)16)18-14-8-13(17)19-15(20-14)10-6-7-10/h2-5,8-10H,6-7H2,1H3,(H3,17,18,19,20). The summed E-state index contributed by atoms with van der Waals surface area (Å²) >= 11 is 0. The van der Waals surface area contributed by atoms with Gasteiger partial charge in [0.1, 0.15) is 23.3 Å². The highest BCUT2D eigenvalue weighted by molar-refractivity contribution is 5.47. The SMILES string of the molecule is CC(Nc1cc(N)nc(C2CC2)n1)c1ccccc1F. The molecular weight excluding hydrogens is 255 g/mol. The van der Waals surface area contributed by atoms with E-state index in [1.54, 1.807) is 18.2 Å². The molecule has 1 aliphatic carbocycles. The van der Waals surface area contributed by atoms with Gasteiger partial charge >= 0.3 is 0 Å². The molecule has 1 aliphatic rings. The number of nitrogens with one attached hydrogen (secondary N) is 1. The molecule has 1 aromatic carbocycles. The lowest BCUT2D eigenvalue weighted by molar-refractivity contribution is 0.600. The van der Waals surface area contributed by atoms with Gasteiger partial charge in [-0.05, 0) is 25.8 Å². The molecule has 0 radical (unpaired) electrons. The van der Waals surface area contributed by atoms with Crippen LogP contribution in [0.5, 0.6) is 0 Å². The largest absolute Gasteiger partial charge is 0.384 e. The summed E-state index contributed by atoms with van der Waals surface area (Å²) in [5.74, 6) is 2.09. The minimum atomic E-state index is -0.225. The van der Waals surface area contributed by atoms with Crippen molar-refractivity contribution < 1.29 is 4.39 Å². The second kappa shape index (κ2) is 5.07. The Bertz CT molecular complexity index is 625. The van der Waals surface area contributed by atoms with Crippen LogP contribution in [0.2, 0.25) is 0 Å². The monoisotopic (exact) mass is 272 g/mol. The average Bonchev–Trinajstić information content (AvgIpc) is 3.22. The topological polar surface area (TPSA) is 63.8 Å². The van der Waals surface area contributed by atoms with Gasteiger partial charge < -0.3 is 11.1 Å². The van der Waals surface area contributed by atoms with Crippen molar-refractivity contribution in [2.24, 2.45) is 0 Å². The molecule has 4 nitrogen and oxygen atoms in total. The Kier molecular flexibility index (Phi) is 3.26. The van der Waals surface area contributed by atoms with Gasteiger partial charge in [-0.2, -0.15) is 0 Å². The molecule has 3 N–H and O–H groups in total. The van der Waals surface area contributed by atoms with E-state index >= 15 is 0 Å². The first-order chi connectivity index (χ1) is 9.63. The van der Waals surface area contributed by atoms with Crippen molar-refractivity contribution in [2.45, 2.75) is 31.7 Å². The van der Waals surface area contributed by atoms with Crippen molar-refractivity contribution in [2.75, 3.05) is 11.1 Å². The van der Waals surface area contributed by atoms with E-state index in [4.69, 9.17) is 5.73 Å². The Balaban J connectivity index is 1.82. The Hall–Kier alpha value is -2.17. The van der Waals surface area contributed by atoms with Gasteiger partial charge in [-0.1, -0.05) is 18.2 Å². The fraction of sp³-hybridized carbons (Fsp3) is 0.333. The van der Waals surface area contributed by atoms with Crippen molar-refractivity contribution in [3.8, 4) is 0 Å². The first-order valence-electron chi connectivity index (χ1n) is 6.79. The first kappa shape index (κ1) is 12.8. The molecule has 0 amide bonds. The number of nitrogens with zero attached hydrogens (tertiary/aromatic N) is 2. The molecule has 104 valence electrons. The van der Waals surface area contributed by atoms with Gasteiger partial charge in [-0.3, -0.25) is 0 Å². The predicted molar refractivity (Wildman–Crippen MR) is 76.9 cm³/mol. The lowest BCUT2D eigenvalue weighted by atomic mass is 10.1. The van der Waals surface area contributed by atoms with E-state index in [0.29, 0.717) is 23.1 Å². The van der Waals surface area contributed by atoms with Gasteiger partial charge in [0.25, 0.3) is 0 Å². The molecule has 1 saturated carbocycles. The Morgan fingerprint density at radius 1 is 1.30 bits per heavy atom. The van der Waals surface area contributed by atoms with Crippen molar-refractivity contribution in [1.29, 1.82) is 0 Å². The van der Waals surface area contributed by atoms with Gasteiger partial charge in [-0.15, -0.1) is 0 Å². The molecule has 3 rings (SSSR count). The summed E-state index contributed by atoms with van der Waals surface area (Å²) in [6, 6.07) is 8.22. The van der Waals surface area contributed by atoms with Crippen molar-refractivity contribution in [3.63, 3.8) is 0 Å². The highest BCUT2D eigenvalue weighted by Crippen LogP contribution is 2.38. The maximum Gasteiger partial charge on any atom is 0.136 e. The summed E-state index contributed by atoms with van der Waals surface area (Å²) in [6.07, 6.45) is 2.23. The Labute approximate surface area is 117 Å². The number of nitrogen functional groups attached to an aromatic ring is 1. The molecule has 20 heavy (non-hydrogen) atoms. The van der Waals surface area contributed by atoms with Crippen LogP contribution in [-0.4, -0.2) is 9.97 Å². The first-order valence-corrected chi connectivity index (χ1v) is 6.79. The molecule has 5 heteroatoms. The van der Waals surface area contributed by atoms with Crippen molar-refractivity contribution in [1.82, 2.24) is 9.97 Å². The third-order valence-electron chi connectivity index (χ3n) is 3.44. The Morgan fingerprint density at radius 2 is 2.05 bits per heavy atom. The molecule has 0 aliphatic heterocycles. The van der Waals surface area contributed by atoms with Crippen LogP contribution in [0, 0.1) is 5.82 Å². The zero-order chi connectivity index (χ0) is 14.1. The van der Waals surface area contributed by atoms with Gasteiger partial charge in [0.2, 0.25) is 0 Å². The van der Waals surface area contributed by atoms with E-state index in [1.807, 2.05) is 13.0 Å². The van der Waals surface area contributed by atoms with E-state index in [1.165, 1.54) is 6.07 Å². The number of nitrogens with two attached hydrogens (primary N) is 1. The molecule has 1 unspecified atom stereocenters. The summed E-state index contributed by atoms with van der Waals surface area (Å²) < 4.78 is 13.7. The Morgan fingerprint density at radius 3 is 2.75 bits per heavy atom. The molecule has 2 aromatic rings. The number of halogens is 1. The van der Waals surface area contributed by atoms with Gasteiger partial charge in [0, 0.05) is 17.5 Å². The maximum absolute atomic E-state index is 13.7. The van der Waals surface area contributed by atoms with Gasteiger partial charge in [0.05, 0.1) is 6.04 Å². The fourth-order valence-electron chi connectivity index (χ4n) is 2.21. The van der Waals surface area contributed by atoms with Crippen LogP contribution in [0.25, 0.3) is 0 Å². The average molecular weight is 272 g/mol. The van der Waals surface area contributed by atoms with E-state index < -0.39 is 0 Å². The zero-order valence-electron chi connectivity index (χ0n) is 11.3. The molecule has 0 bridgehead atoms. The molecule has 1 fully saturated rings. The number of anilines is 2. The number of hydrogen-bond donors (Lipinski definition) is 2. The molecular formula is C15H17FN4. The summed E-state index contributed by atoms with van der Waals surface area (Å²) in [4.78, 5) is 8.71. The number of hydrogen-bond acceptors (Lipinski definition) is 4. The van der Waals surface area contributed by atoms with Crippen LogP contribution in [0.15, 0.2) is 30.3 Å². The second-order valence-electron chi connectivity index (χ2n) is 5.20. The fourth-order valence-corrected chi connectivity index (χ4v) is 2.21. The summed E-state index contributed by atoms with van der Waals surface area (Å²) in [6.45, 7) is 1.90. The third kappa shape index (κ3) is 2.71. The smallest absolute Gasteiger partial charge is 0.136 e. The normalized spacial score (nSPS) is 15.9. The predicted octanol–water partition coefficient (Wildman–Crippen LogP) is 3.25. The van der Waals surface area contributed by atoms with Crippen LogP contribution in [-0.2, 0) is 0 Å². The van der Waals surface area contributed by atoms with E-state index in [9.17, 15) is 4.39 Å². The van der Waals surface area contributed by atoms with Crippen LogP contribution < -0.4 is 11.1 Å². The number of aromatic nitrogens is 2. The van der Waals surface area contributed by atoms with Crippen LogP contribution >= 0.6 is 0 Å². The quantitative estimate of drug-likeness (QED) is 0.896. The van der Waals surface area contributed by atoms with E-state index in [2.05, 4.69) is 15.3 Å². The number of rotatable bonds is 4. The van der Waals surface area contributed by atoms with Gasteiger partial charge in [0.15, 0.2) is 0 Å². The molecule has 1 atom stereocenters. The summed E-state index contributed by atoms with van der Waals surface area (Å²) in [5.41, 5.74) is 6.41. The number of benzene rings is 1. The maximum atomic E-state index is 13.7. The van der Waals surface area contributed by atoms with Crippen LogP contribution in [0.4, 0.5) is 16.0 Å². The second-order valence-corrected chi connectivity index (χ2v) is 5.20. The van der Waals surface area contributed by atoms with Crippen molar-refractivity contribution in [3.05, 3.63) is 47.5 Å².